The van der Waals surface area contributed by atoms with Crippen molar-refractivity contribution in [1.82, 2.24) is 10.3 Å². The molecule has 1 aromatic rings. The molecular formula is C9H16N2. The van der Waals surface area contributed by atoms with Crippen LogP contribution in [-0.4, -0.2) is 12.0 Å². The van der Waals surface area contributed by atoms with Crippen molar-refractivity contribution in [2.75, 3.05) is 7.05 Å². The Hall–Kier alpha value is -0.890. The summed E-state index contributed by atoms with van der Waals surface area (Å²) in [6.07, 6.45) is 3.60. The smallest absolute Gasteiger partial charge is 0.0271 e. The van der Waals surface area contributed by atoms with E-state index in [2.05, 4.69) is 10.3 Å². The number of aromatic nitrogens is 1. The summed E-state index contributed by atoms with van der Waals surface area (Å²) >= 11 is 0. The Morgan fingerprint density at radius 1 is 1.27 bits per heavy atom. The van der Waals surface area contributed by atoms with Crippen LogP contribution in [0.15, 0.2) is 24.5 Å². The SMILES string of the molecule is CC.CNCc1ccncc1. The fraction of sp³-hybridized carbons (Fsp3) is 0.444. The molecule has 11 heavy (non-hydrogen) atoms. The average molecular weight is 152 g/mol. The normalized spacial score (nSPS) is 8.27. The molecule has 0 radical (unpaired) electrons. The number of rotatable bonds is 2. The molecule has 0 aromatic carbocycles. The maximum Gasteiger partial charge on any atom is 0.0271 e. The first-order valence-electron chi connectivity index (χ1n) is 3.97. The highest BCUT2D eigenvalue weighted by molar-refractivity contribution is 5.08. The van der Waals surface area contributed by atoms with Gasteiger partial charge < -0.3 is 5.32 Å². The molecule has 0 fully saturated rings. The van der Waals surface area contributed by atoms with Crippen molar-refractivity contribution in [3.05, 3.63) is 30.1 Å². The van der Waals surface area contributed by atoms with Gasteiger partial charge in [-0.25, -0.2) is 0 Å². The lowest BCUT2D eigenvalue weighted by Crippen LogP contribution is -2.04. The van der Waals surface area contributed by atoms with Crippen LogP contribution in [0.3, 0.4) is 0 Å². The fourth-order valence-corrected chi connectivity index (χ4v) is 0.705. The maximum absolute atomic E-state index is 3.90. The zero-order chi connectivity index (χ0) is 8.53. The van der Waals surface area contributed by atoms with Gasteiger partial charge in [0, 0.05) is 18.9 Å². The summed E-state index contributed by atoms with van der Waals surface area (Å²) in [6, 6.07) is 3.99. The molecule has 1 N–H and O–H groups in total. The summed E-state index contributed by atoms with van der Waals surface area (Å²) in [6.45, 7) is 4.92. The minimum absolute atomic E-state index is 0.919. The van der Waals surface area contributed by atoms with E-state index in [-0.39, 0.29) is 0 Å². The van der Waals surface area contributed by atoms with Gasteiger partial charge in [-0.15, -0.1) is 0 Å². The van der Waals surface area contributed by atoms with Gasteiger partial charge in [-0.05, 0) is 24.7 Å². The van der Waals surface area contributed by atoms with Gasteiger partial charge in [0.25, 0.3) is 0 Å². The molecule has 1 aromatic heterocycles. The number of pyridine rings is 1. The van der Waals surface area contributed by atoms with E-state index in [0.717, 1.165) is 6.54 Å². The molecule has 2 heteroatoms. The van der Waals surface area contributed by atoms with Gasteiger partial charge in [-0.1, -0.05) is 13.8 Å². The molecule has 0 aliphatic carbocycles. The second kappa shape index (κ2) is 7.22. The molecular weight excluding hydrogens is 136 g/mol. The Labute approximate surface area is 68.7 Å². The summed E-state index contributed by atoms with van der Waals surface area (Å²) in [5.74, 6) is 0. The highest BCUT2D eigenvalue weighted by Crippen LogP contribution is 1.92. The summed E-state index contributed by atoms with van der Waals surface area (Å²) in [7, 11) is 1.93. The largest absolute Gasteiger partial charge is 0.316 e. The fourth-order valence-electron chi connectivity index (χ4n) is 0.705. The quantitative estimate of drug-likeness (QED) is 0.699. The lowest BCUT2D eigenvalue weighted by atomic mass is 10.3. The molecule has 0 bridgehead atoms. The van der Waals surface area contributed by atoms with Crippen LogP contribution in [-0.2, 0) is 6.54 Å². The number of hydrogen-bond donors (Lipinski definition) is 1. The van der Waals surface area contributed by atoms with E-state index < -0.39 is 0 Å². The molecule has 0 atom stereocenters. The van der Waals surface area contributed by atoms with E-state index >= 15 is 0 Å². The predicted molar refractivity (Wildman–Crippen MR) is 48.3 cm³/mol. The van der Waals surface area contributed by atoms with Crippen LogP contribution in [0.1, 0.15) is 19.4 Å². The van der Waals surface area contributed by atoms with E-state index in [1.165, 1.54) is 5.56 Å². The van der Waals surface area contributed by atoms with Gasteiger partial charge in [0.05, 0.1) is 0 Å². The summed E-state index contributed by atoms with van der Waals surface area (Å²) in [5, 5.41) is 3.06. The van der Waals surface area contributed by atoms with Crippen LogP contribution in [0.4, 0.5) is 0 Å². The zero-order valence-electron chi connectivity index (χ0n) is 7.46. The van der Waals surface area contributed by atoms with Crippen LogP contribution >= 0.6 is 0 Å². The minimum atomic E-state index is 0.919. The molecule has 0 unspecified atom stereocenters. The monoisotopic (exact) mass is 152 g/mol. The van der Waals surface area contributed by atoms with Crippen molar-refractivity contribution in [3.63, 3.8) is 0 Å². The van der Waals surface area contributed by atoms with Gasteiger partial charge in [0.1, 0.15) is 0 Å². The standard InChI is InChI=1S/C7H10N2.C2H6/c1-8-6-7-2-4-9-5-3-7;1-2/h2-5,8H,6H2,1H3;1-2H3. The van der Waals surface area contributed by atoms with Crippen LogP contribution < -0.4 is 5.32 Å². The van der Waals surface area contributed by atoms with E-state index in [1.54, 1.807) is 12.4 Å². The first kappa shape index (κ1) is 10.1. The van der Waals surface area contributed by atoms with Gasteiger partial charge in [0.2, 0.25) is 0 Å². The summed E-state index contributed by atoms with van der Waals surface area (Å²) < 4.78 is 0. The molecule has 0 saturated heterocycles. The molecule has 1 rings (SSSR count). The highest BCUT2D eigenvalue weighted by Gasteiger charge is 1.84. The van der Waals surface area contributed by atoms with Gasteiger partial charge in [-0.2, -0.15) is 0 Å². The van der Waals surface area contributed by atoms with E-state index in [4.69, 9.17) is 0 Å². The Balaban J connectivity index is 0.000000461. The lowest BCUT2D eigenvalue weighted by Gasteiger charge is -1.95. The second-order valence-corrected chi connectivity index (χ2v) is 1.89. The molecule has 0 spiro atoms. The molecule has 0 aliphatic rings. The number of hydrogen-bond acceptors (Lipinski definition) is 2. The first-order chi connectivity index (χ1) is 5.43. The molecule has 62 valence electrons. The van der Waals surface area contributed by atoms with Crippen LogP contribution in [0, 0.1) is 0 Å². The van der Waals surface area contributed by atoms with Gasteiger partial charge in [0.15, 0.2) is 0 Å². The second-order valence-electron chi connectivity index (χ2n) is 1.89. The van der Waals surface area contributed by atoms with E-state index in [0.29, 0.717) is 0 Å². The van der Waals surface area contributed by atoms with Crippen molar-refractivity contribution in [2.45, 2.75) is 20.4 Å². The summed E-state index contributed by atoms with van der Waals surface area (Å²) in [4.78, 5) is 3.90. The highest BCUT2D eigenvalue weighted by atomic mass is 14.8. The van der Waals surface area contributed by atoms with Gasteiger partial charge in [-0.3, -0.25) is 4.98 Å². The maximum atomic E-state index is 3.90. The third-order valence-corrected chi connectivity index (χ3v) is 1.13. The van der Waals surface area contributed by atoms with Crippen LogP contribution in [0.25, 0.3) is 0 Å². The number of nitrogens with zero attached hydrogens (tertiary/aromatic N) is 1. The third kappa shape index (κ3) is 4.51. The van der Waals surface area contributed by atoms with Gasteiger partial charge >= 0.3 is 0 Å². The van der Waals surface area contributed by atoms with Crippen molar-refractivity contribution < 1.29 is 0 Å². The zero-order valence-corrected chi connectivity index (χ0v) is 7.46. The topological polar surface area (TPSA) is 24.9 Å². The van der Waals surface area contributed by atoms with Crippen molar-refractivity contribution in [1.29, 1.82) is 0 Å². The van der Waals surface area contributed by atoms with Crippen molar-refractivity contribution in [3.8, 4) is 0 Å². The Morgan fingerprint density at radius 2 is 1.82 bits per heavy atom. The summed E-state index contributed by atoms with van der Waals surface area (Å²) in [5.41, 5.74) is 1.27. The Bertz CT molecular complexity index is 160. The van der Waals surface area contributed by atoms with Crippen molar-refractivity contribution >= 4 is 0 Å². The minimum Gasteiger partial charge on any atom is -0.316 e. The molecule has 1 heterocycles. The van der Waals surface area contributed by atoms with E-state index in [1.807, 2.05) is 33.0 Å². The predicted octanol–water partition coefficient (Wildman–Crippen LogP) is 1.83. The first-order valence-corrected chi connectivity index (χ1v) is 3.97. The van der Waals surface area contributed by atoms with Crippen LogP contribution in [0.2, 0.25) is 0 Å². The third-order valence-electron chi connectivity index (χ3n) is 1.13. The number of nitrogens with one attached hydrogen (secondary N) is 1. The Morgan fingerprint density at radius 3 is 2.27 bits per heavy atom. The van der Waals surface area contributed by atoms with E-state index in [9.17, 15) is 0 Å². The van der Waals surface area contributed by atoms with Crippen molar-refractivity contribution in [2.24, 2.45) is 0 Å². The lowest BCUT2D eigenvalue weighted by molar-refractivity contribution is 0.816. The molecule has 0 aliphatic heterocycles. The van der Waals surface area contributed by atoms with Crippen LogP contribution in [0.5, 0.6) is 0 Å². The average Bonchev–Trinajstić information content (AvgIpc) is 2.11. The molecule has 2 nitrogen and oxygen atoms in total. The molecule has 0 saturated carbocycles. The Kier molecular flexibility index (Phi) is 6.64. The molecule has 0 amide bonds.